The van der Waals surface area contributed by atoms with Crippen molar-refractivity contribution in [2.45, 2.75) is 12.8 Å². The minimum absolute atomic E-state index is 0.0195. The van der Waals surface area contributed by atoms with Gasteiger partial charge in [-0.25, -0.2) is 0 Å². The first kappa shape index (κ1) is 18.3. The second-order valence-corrected chi connectivity index (χ2v) is 7.25. The molecule has 6 heteroatoms. The lowest BCUT2D eigenvalue weighted by molar-refractivity contribution is -0.119. The number of carbonyl (C=O) groups excluding carboxylic acids is 1. The van der Waals surface area contributed by atoms with Crippen molar-refractivity contribution < 1.29 is 9.53 Å². The Kier molecular flexibility index (Phi) is 5.12. The van der Waals surface area contributed by atoms with E-state index in [-0.39, 0.29) is 17.7 Å². The standard InChI is InChI=1S/C22H24N4O2/c1-15-3-7-18(8-4-15)28-19-9-5-17(6-10-19)25-22(27)21-13-23-12-20(21)16-11-24-26(2)14-16/h3-11,14,20-21,23H,12-13H2,1-2H3,(H,25,27)/t20-,21+/m1/s1. The van der Waals surface area contributed by atoms with E-state index in [4.69, 9.17) is 4.74 Å². The van der Waals surface area contributed by atoms with Crippen LogP contribution in [0.2, 0.25) is 0 Å². The first-order chi connectivity index (χ1) is 13.6. The first-order valence-corrected chi connectivity index (χ1v) is 9.43. The number of carbonyl (C=O) groups is 1. The Morgan fingerprint density at radius 1 is 1.11 bits per heavy atom. The fraction of sp³-hybridized carbons (Fsp3) is 0.273. The summed E-state index contributed by atoms with van der Waals surface area (Å²) in [7, 11) is 1.89. The van der Waals surface area contributed by atoms with Crippen LogP contribution < -0.4 is 15.4 Å². The number of hydrogen-bond donors (Lipinski definition) is 2. The highest BCUT2D eigenvalue weighted by Crippen LogP contribution is 2.29. The molecule has 1 saturated heterocycles. The molecule has 4 rings (SSSR count). The summed E-state index contributed by atoms with van der Waals surface area (Å²) in [6.07, 6.45) is 3.82. The fourth-order valence-corrected chi connectivity index (χ4v) is 3.52. The van der Waals surface area contributed by atoms with Crippen molar-refractivity contribution in [3.63, 3.8) is 0 Å². The Hall–Kier alpha value is -3.12. The Morgan fingerprint density at radius 3 is 2.43 bits per heavy atom. The molecule has 1 aromatic heterocycles. The lowest BCUT2D eigenvalue weighted by Crippen LogP contribution is -2.28. The van der Waals surface area contributed by atoms with Crippen molar-refractivity contribution in [2.24, 2.45) is 13.0 Å². The molecule has 1 amide bonds. The van der Waals surface area contributed by atoms with Crippen LogP contribution in [0.15, 0.2) is 60.9 Å². The van der Waals surface area contributed by atoms with E-state index in [0.29, 0.717) is 6.54 Å². The minimum Gasteiger partial charge on any atom is -0.457 e. The van der Waals surface area contributed by atoms with Crippen LogP contribution in [0.3, 0.4) is 0 Å². The molecule has 0 bridgehead atoms. The minimum atomic E-state index is -0.118. The van der Waals surface area contributed by atoms with E-state index >= 15 is 0 Å². The lowest BCUT2D eigenvalue weighted by Gasteiger charge is -2.17. The maximum atomic E-state index is 12.8. The van der Waals surface area contributed by atoms with E-state index in [2.05, 4.69) is 15.7 Å². The van der Waals surface area contributed by atoms with Crippen LogP contribution in [-0.2, 0) is 11.8 Å². The first-order valence-electron chi connectivity index (χ1n) is 9.43. The van der Waals surface area contributed by atoms with Gasteiger partial charge in [0.1, 0.15) is 11.5 Å². The van der Waals surface area contributed by atoms with Crippen LogP contribution in [0, 0.1) is 12.8 Å². The van der Waals surface area contributed by atoms with E-state index in [0.717, 1.165) is 29.3 Å². The highest BCUT2D eigenvalue weighted by Gasteiger charge is 2.34. The monoisotopic (exact) mass is 376 g/mol. The third-order valence-corrected chi connectivity index (χ3v) is 5.08. The zero-order valence-electron chi connectivity index (χ0n) is 16.1. The summed E-state index contributed by atoms with van der Waals surface area (Å²) in [6, 6.07) is 15.4. The van der Waals surface area contributed by atoms with Gasteiger partial charge in [-0.3, -0.25) is 9.48 Å². The Morgan fingerprint density at radius 2 is 1.79 bits per heavy atom. The number of hydrogen-bond acceptors (Lipinski definition) is 4. The number of ether oxygens (including phenoxy) is 1. The molecule has 3 aromatic rings. The molecule has 0 radical (unpaired) electrons. The van der Waals surface area contributed by atoms with Crippen LogP contribution in [0.1, 0.15) is 17.0 Å². The number of benzene rings is 2. The average Bonchev–Trinajstić information content (AvgIpc) is 3.34. The molecule has 1 aliphatic heterocycles. The summed E-state index contributed by atoms with van der Waals surface area (Å²) in [5, 5.41) is 10.6. The van der Waals surface area contributed by atoms with Gasteiger partial charge in [-0.1, -0.05) is 17.7 Å². The Bertz CT molecular complexity index is 947. The van der Waals surface area contributed by atoms with E-state index in [1.54, 1.807) is 4.68 Å². The van der Waals surface area contributed by atoms with Crippen LogP contribution in [0.4, 0.5) is 5.69 Å². The highest BCUT2D eigenvalue weighted by atomic mass is 16.5. The van der Waals surface area contributed by atoms with Crippen LogP contribution in [-0.4, -0.2) is 28.8 Å². The van der Waals surface area contributed by atoms with Crippen molar-refractivity contribution in [1.29, 1.82) is 0 Å². The maximum Gasteiger partial charge on any atom is 0.229 e. The van der Waals surface area contributed by atoms with Crippen molar-refractivity contribution in [2.75, 3.05) is 18.4 Å². The molecular formula is C22H24N4O2. The molecule has 2 atom stereocenters. The summed E-state index contributed by atoms with van der Waals surface area (Å²) in [6.45, 7) is 3.49. The molecule has 2 aromatic carbocycles. The normalized spacial score (nSPS) is 18.8. The second-order valence-electron chi connectivity index (χ2n) is 7.25. The summed E-state index contributed by atoms with van der Waals surface area (Å²) >= 11 is 0. The molecule has 0 unspecified atom stereocenters. The molecule has 1 fully saturated rings. The van der Waals surface area contributed by atoms with Gasteiger partial charge in [0.25, 0.3) is 0 Å². The third-order valence-electron chi connectivity index (χ3n) is 5.08. The number of amides is 1. The van der Waals surface area contributed by atoms with E-state index < -0.39 is 0 Å². The molecular weight excluding hydrogens is 352 g/mol. The highest BCUT2D eigenvalue weighted by molar-refractivity contribution is 5.93. The van der Waals surface area contributed by atoms with Crippen molar-refractivity contribution in [3.8, 4) is 11.5 Å². The zero-order valence-corrected chi connectivity index (χ0v) is 16.1. The average molecular weight is 376 g/mol. The molecule has 0 saturated carbocycles. The van der Waals surface area contributed by atoms with E-state index in [9.17, 15) is 4.79 Å². The SMILES string of the molecule is Cc1ccc(Oc2ccc(NC(=O)[C@H]3CNC[C@@H]3c3cnn(C)c3)cc2)cc1. The fourth-order valence-electron chi connectivity index (χ4n) is 3.52. The van der Waals surface area contributed by atoms with Gasteiger partial charge in [-0.15, -0.1) is 0 Å². The predicted molar refractivity (Wildman–Crippen MR) is 109 cm³/mol. The quantitative estimate of drug-likeness (QED) is 0.716. The topological polar surface area (TPSA) is 68.2 Å². The van der Waals surface area contributed by atoms with Crippen molar-refractivity contribution in [3.05, 3.63) is 72.1 Å². The Labute approximate surface area is 164 Å². The van der Waals surface area contributed by atoms with Crippen LogP contribution >= 0.6 is 0 Å². The van der Waals surface area contributed by atoms with Gasteiger partial charge in [0.2, 0.25) is 5.91 Å². The zero-order chi connectivity index (χ0) is 19.5. The molecule has 2 N–H and O–H groups in total. The van der Waals surface area contributed by atoms with Crippen LogP contribution in [0.25, 0.3) is 0 Å². The number of anilines is 1. The summed E-state index contributed by atoms with van der Waals surface area (Å²) in [5.41, 5.74) is 3.05. The summed E-state index contributed by atoms with van der Waals surface area (Å²) < 4.78 is 7.61. The Balaban J connectivity index is 1.39. The number of rotatable bonds is 5. The molecule has 6 nitrogen and oxygen atoms in total. The number of aryl methyl sites for hydroxylation is 2. The molecule has 0 aliphatic carbocycles. The van der Waals surface area contributed by atoms with Crippen LogP contribution in [0.5, 0.6) is 11.5 Å². The van der Waals surface area contributed by atoms with Crippen molar-refractivity contribution >= 4 is 11.6 Å². The number of aromatic nitrogens is 2. The van der Waals surface area contributed by atoms with Crippen molar-refractivity contribution in [1.82, 2.24) is 15.1 Å². The molecule has 0 spiro atoms. The number of nitrogens with zero attached hydrogens (tertiary/aromatic N) is 2. The molecule has 28 heavy (non-hydrogen) atoms. The van der Waals surface area contributed by atoms with Gasteiger partial charge in [-0.05, 0) is 48.9 Å². The van der Waals surface area contributed by atoms with Gasteiger partial charge in [0.15, 0.2) is 0 Å². The predicted octanol–water partition coefficient (Wildman–Crippen LogP) is 3.46. The van der Waals surface area contributed by atoms with E-state index in [1.807, 2.05) is 74.9 Å². The molecule has 1 aliphatic rings. The van der Waals surface area contributed by atoms with Gasteiger partial charge >= 0.3 is 0 Å². The number of nitrogens with one attached hydrogen (secondary N) is 2. The molecule has 2 heterocycles. The van der Waals surface area contributed by atoms with Gasteiger partial charge in [0.05, 0.1) is 12.1 Å². The smallest absolute Gasteiger partial charge is 0.229 e. The van der Waals surface area contributed by atoms with Gasteiger partial charge < -0.3 is 15.4 Å². The third kappa shape index (κ3) is 4.07. The summed E-state index contributed by atoms with van der Waals surface area (Å²) in [4.78, 5) is 12.8. The molecule has 144 valence electrons. The second kappa shape index (κ2) is 7.86. The lowest BCUT2D eigenvalue weighted by atomic mass is 9.90. The van der Waals surface area contributed by atoms with Gasteiger partial charge in [-0.2, -0.15) is 5.10 Å². The maximum absolute atomic E-state index is 12.8. The summed E-state index contributed by atoms with van der Waals surface area (Å²) in [5.74, 6) is 1.56. The van der Waals surface area contributed by atoms with Gasteiger partial charge in [0, 0.05) is 37.9 Å². The largest absolute Gasteiger partial charge is 0.457 e. The van der Waals surface area contributed by atoms with E-state index in [1.165, 1.54) is 5.56 Å².